The number of pyridine rings is 1. The predicted octanol–water partition coefficient (Wildman–Crippen LogP) is 1.68. The van der Waals surface area contributed by atoms with Crippen LogP contribution >= 0.6 is 0 Å². The fourth-order valence-corrected chi connectivity index (χ4v) is 2.30. The van der Waals surface area contributed by atoms with Gasteiger partial charge in [-0.2, -0.15) is 0 Å². The third kappa shape index (κ3) is 3.48. The SMILES string of the molecule is COC(=O)/C(=C/N(C)C)C(=O)C1CC1c1ccc(C)cn1. The minimum atomic E-state index is -0.587. The molecular formula is C16H20N2O3. The van der Waals surface area contributed by atoms with E-state index >= 15 is 0 Å². The van der Waals surface area contributed by atoms with Crippen LogP contribution in [0.15, 0.2) is 30.1 Å². The third-order valence-electron chi connectivity index (χ3n) is 3.50. The van der Waals surface area contributed by atoms with E-state index in [1.54, 1.807) is 25.2 Å². The summed E-state index contributed by atoms with van der Waals surface area (Å²) in [4.78, 5) is 30.3. The molecule has 0 saturated heterocycles. The van der Waals surface area contributed by atoms with Crippen molar-refractivity contribution in [2.45, 2.75) is 19.3 Å². The maximum atomic E-state index is 12.5. The minimum absolute atomic E-state index is 0.0992. The number of ketones is 1. The van der Waals surface area contributed by atoms with Crippen molar-refractivity contribution < 1.29 is 14.3 Å². The molecule has 0 amide bonds. The molecule has 2 rings (SSSR count). The van der Waals surface area contributed by atoms with Gasteiger partial charge in [-0.1, -0.05) is 6.07 Å². The smallest absolute Gasteiger partial charge is 0.342 e. The number of esters is 1. The van der Waals surface area contributed by atoms with Crippen molar-refractivity contribution in [3.8, 4) is 0 Å². The highest BCUT2D eigenvalue weighted by molar-refractivity contribution is 6.19. The van der Waals surface area contributed by atoms with E-state index in [4.69, 9.17) is 4.74 Å². The Morgan fingerprint density at radius 2 is 2.10 bits per heavy atom. The normalized spacial score (nSPS) is 20.9. The average molecular weight is 288 g/mol. The lowest BCUT2D eigenvalue weighted by atomic mass is 10.1. The fraction of sp³-hybridized carbons (Fsp3) is 0.438. The van der Waals surface area contributed by atoms with Crippen molar-refractivity contribution in [2.24, 2.45) is 5.92 Å². The summed E-state index contributed by atoms with van der Waals surface area (Å²) in [5.41, 5.74) is 2.10. The van der Waals surface area contributed by atoms with E-state index in [0.29, 0.717) is 0 Å². The molecule has 0 aromatic carbocycles. The van der Waals surface area contributed by atoms with E-state index < -0.39 is 5.97 Å². The molecule has 21 heavy (non-hydrogen) atoms. The predicted molar refractivity (Wildman–Crippen MR) is 78.6 cm³/mol. The number of Topliss-reactive ketones (excluding diaryl/α,β-unsaturated/α-hetero) is 1. The van der Waals surface area contributed by atoms with Crippen LogP contribution in [0, 0.1) is 12.8 Å². The molecule has 2 atom stereocenters. The maximum Gasteiger partial charge on any atom is 0.342 e. The number of methoxy groups -OCH3 is 1. The van der Waals surface area contributed by atoms with E-state index in [2.05, 4.69) is 4.98 Å². The highest BCUT2D eigenvalue weighted by Gasteiger charge is 2.47. The molecule has 1 aliphatic rings. The molecule has 0 spiro atoms. The lowest BCUT2D eigenvalue weighted by Crippen LogP contribution is -2.19. The van der Waals surface area contributed by atoms with Crippen LogP contribution in [0.1, 0.15) is 23.6 Å². The van der Waals surface area contributed by atoms with Gasteiger partial charge >= 0.3 is 5.97 Å². The summed E-state index contributed by atoms with van der Waals surface area (Å²) < 4.78 is 4.70. The topological polar surface area (TPSA) is 59.5 Å². The number of ether oxygens (including phenoxy) is 1. The lowest BCUT2D eigenvalue weighted by Gasteiger charge is -2.09. The van der Waals surface area contributed by atoms with Crippen molar-refractivity contribution in [3.63, 3.8) is 0 Å². The minimum Gasteiger partial charge on any atom is -0.465 e. The number of aryl methyl sites for hydroxylation is 1. The summed E-state index contributed by atoms with van der Waals surface area (Å²) >= 11 is 0. The van der Waals surface area contributed by atoms with Crippen LogP contribution in [0.25, 0.3) is 0 Å². The van der Waals surface area contributed by atoms with Crippen LogP contribution in [0.2, 0.25) is 0 Å². The van der Waals surface area contributed by atoms with Crippen LogP contribution < -0.4 is 0 Å². The molecule has 1 aromatic heterocycles. The molecule has 0 aliphatic heterocycles. The fourth-order valence-electron chi connectivity index (χ4n) is 2.30. The largest absolute Gasteiger partial charge is 0.465 e. The first-order valence-electron chi connectivity index (χ1n) is 6.87. The van der Waals surface area contributed by atoms with Gasteiger partial charge < -0.3 is 9.64 Å². The highest BCUT2D eigenvalue weighted by Crippen LogP contribution is 2.48. The quantitative estimate of drug-likeness (QED) is 0.357. The van der Waals surface area contributed by atoms with Crippen molar-refractivity contribution in [2.75, 3.05) is 21.2 Å². The lowest BCUT2D eigenvalue weighted by molar-refractivity contribution is -0.138. The Hall–Kier alpha value is -2.17. The van der Waals surface area contributed by atoms with Gasteiger partial charge in [-0.15, -0.1) is 0 Å². The van der Waals surface area contributed by atoms with Gasteiger partial charge in [-0.05, 0) is 25.0 Å². The first kappa shape index (κ1) is 15.2. The number of aromatic nitrogens is 1. The Kier molecular flexibility index (Phi) is 4.40. The number of carbonyl (C=O) groups excluding carboxylic acids is 2. The zero-order valence-electron chi connectivity index (χ0n) is 12.8. The second-order valence-electron chi connectivity index (χ2n) is 5.57. The van der Waals surface area contributed by atoms with Crippen LogP contribution in [0.3, 0.4) is 0 Å². The van der Waals surface area contributed by atoms with Gasteiger partial charge in [-0.25, -0.2) is 4.79 Å². The summed E-state index contributed by atoms with van der Waals surface area (Å²) in [6.45, 7) is 1.97. The van der Waals surface area contributed by atoms with E-state index in [-0.39, 0.29) is 23.2 Å². The molecule has 5 heteroatoms. The molecule has 1 heterocycles. The van der Waals surface area contributed by atoms with Crippen LogP contribution in [0.5, 0.6) is 0 Å². The number of carbonyl (C=O) groups is 2. The summed E-state index contributed by atoms with van der Waals surface area (Å²) in [6.07, 6.45) is 4.05. The van der Waals surface area contributed by atoms with Crippen LogP contribution in [0.4, 0.5) is 0 Å². The number of hydrogen-bond donors (Lipinski definition) is 0. The van der Waals surface area contributed by atoms with E-state index in [9.17, 15) is 9.59 Å². The summed E-state index contributed by atoms with van der Waals surface area (Å²) in [5.74, 6) is -0.821. The zero-order chi connectivity index (χ0) is 15.6. The second kappa shape index (κ2) is 6.08. The monoisotopic (exact) mass is 288 g/mol. The van der Waals surface area contributed by atoms with Crippen LogP contribution in [-0.4, -0.2) is 42.8 Å². The Bertz CT molecular complexity index is 576. The van der Waals surface area contributed by atoms with Gasteiger partial charge in [0, 0.05) is 44.0 Å². The molecule has 1 fully saturated rings. The Labute approximate surface area is 124 Å². The maximum absolute atomic E-state index is 12.5. The van der Waals surface area contributed by atoms with E-state index in [1.165, 1.54) is 13.3 Å². The van der Waals surface area contributed by atoms with E-state index in [1.807, 2.05) is 19.1 Å². The highest BCUT2D eigenvalue weighted by atomic mass is 16.5. The second-order valence-corrected chi connectivity index (χ2v) is 5.57. The molecular weight excluding hydrogens is 268 g/mol. The first-order valence-corrected chi connectivity index (χ1v) is 6.87. The molecule has 2 unspecified atom stereocenters. The van der Waals surface area contributed by atoms with Gasteiger partial charge in [0.25, 0.3) is 0 Å². The summed E-state index contributed by atoms with van der Waals surface area (Å²) in [5, 5.41) is 0. The van der Waals surface area contributed by atoms with Crippen molar-refractivity contribution in [1.29, 1.82) is 0 Å². The Balaban J connectivity index is 2.13. The molecule has 5 nitrogen and oxygen atoms in total. The zero-order valence-corrected chi connectivity index (χ0v) is 12.8. The van der Waals surface area contributed by atoms with Crippen molar-refractivity contribution in [1.82, 2.24) is 9.88 Å². The van der Waals surface area contributed by atoms with Gasteiger partial charge in [-0.3, -0.25) is 9.78 Å². The van der Waals surface area contributed by atoms with Crippen LogP contribution in [-0.2, 0) is 14.3 Å². The molecule has 0 N–H and O–H groups in total. The van der Waals surface area contributed by atoms with Gasteiger partial charge in [0.05, 0.1) is 7.11 Å². The van der Waals surface area contributed by atoms with Gasteiger partial charge in [0.15, 0.2) is 5.78 Å². The number of rotatable bonds is 5. The van der Waals surface area contributed by atoms with Gasteiger partial charge in [0.2, 0.25) is 0 Å². The molecule has 1 aromatic rings. The Morgan fingerprint density at radius 1 is 1.38 bits per heavy atom. The van der Waals surface area contributed by atoms with E-state index in [0.717, 1.165) is 17.7 Å². The van der Waals surface area contributed by atoms with Crippen molar-refractivity contribution >= 4 is 11.8 Å². The third-order valence-corrected chi connectivity index (χ3v) is 3.50. The molecule has 1 aliphatic carbocycles. The Morgan fingerprint density at radius 3 is 2.62 bits per heavy atom. The molecule has 1 saturated carbocycles. The molecule has 0 radical (unpaired) electrons. The summed E-state index contributed by atoms with van der Waals surface area (Å²) in [6, 6.07) is 3.93. The molecule has 112 valence electrons. The molecule has 0 bridgehead atoms. The van der Waals surface area contributed by atoms with Crippen molar-refractivity contribution in [3.05, 3.63) is 41.4 Å². The van der Waals surface area contributed by atoms with Gasteiger partial charge in [0.1, 0.15) is 5.57 Å². The number of nitrogens with zero attached hydrogens (tertiary/aromatic N) is 2. The summed E-state index contributed by atoms with van der Waals surface area (Å²) in [7, 11) is 4.81. The average Bonchev–Trinajstić information content (AvgIpc) is 3.24. The first-order chi connectivity index (χ1) is 9.93. The standard InChI is InChI=1S/C16H20N2O3/c1-10-5-6-14(17-8-10)11-7-12(11)15(19)13(9-18(2)3)16(20)21-4/h5-6,8-9,11-12H,7H2,1-4H3/b13-9+. The number of hydrogen-bond acceptors (Lipinski definition) is 5.